The Kier molecular flexibility index (Phi) is 7.67. The van der Waals surface area contributed by atoms with Gasteiger partial charge in [-0.25, -0.2) is 14.8 Å². The standard InChI is InChI=1S/C29H31N5O3/c1-19-15-22(10-13-26(19)36-23-11-8-20(2)31-17-23)34-27-24-16-21(9-12-25(24)32-18-33-27)7-6-14-30-28(35)37-29(3,4)5/h6-13,15-18H,14H2,1-5H3,(H,30,35)(H,32,33,34)/b7-6+. The van der Waals surface area contributed by atoms with Gasteiger partial charge in [0.2, 0.25) is 0 Å². The fourth-order valence-corrected chi connectivity index (χ4v) is 3.55. The summed E-state index contributed by atoms with van der Waals surface area (Å²) < 4.78 is 11.2. The summed E-state index contributed by atoms with van der Waals surface area (Å²) in [6.45, 7) is 9.78. The van der Waals surface area contributed by atoms with Crippen molar-refractivity contribution in [2.24, 2.45) is 0 Å². The number of carbonyl (C=O) groups is 1. The molecule has 1 amide bonds. The molecule has 0 aliphatic rings. The van der Waals surface area contributed by atoms with E-state index in [1.807, 2.05) is 95.3 Å². The number of aryl methyl sites for hydroxylation is 2. The number of amides is 1. The van der Waals surface area contributed by atoms with Crippen molar-refractivity contribution in [1.29, 1.82) is 0 Å². The smallest absolute Gasteiger partial charge is 0.407 e. The number of nitrogens with one attached hydrogen (secondary N) is 2. The molecular weight excluding hydrogens is 466 g/mol. The monoisotopic (exact) mass is 497 g/mol. The van der Waals surface area contributed by atoms with Crippen LogP contribution in [0.15, 0.2) is 67.1 Å². The molecule has 4 rings (SSSR count). The van der Waals surface area contributed by atoms with Crippen LogP contribution in [0.25, 0.3) is 17.0 Å². The van der Waals surface area contributed by atoms with Crippen molar-refractivity contribution in [2.75, 3.05) is 11.9 Å². The number of benzene rings is 2. The number of aromatic nitrogens is 3. The Labute approximate surface area is 216 Å². The van der Waals surface area contributed by atoms with Crippen molar-refractivity contribution in [2.45, 2.75) is 40.2 Å². The summed E-state index contributed by atoms with van der Waals surface area (Å²) in [4.78, 5) is 24.9. The molecule has 37 heavy (non-hydrogen) atoms. The maximum Gasteiger partial charge on any atom is 0.407 e. The molecule has 2 aromatic heterocycles. The molecule has 0 atom stereocenters. The lowest BCUT2D eigenvalue weighted by atomic mass is 10.1. The molecule has 0 spiro atoms. The maximum absolute atomic E-state index is 11.8. The van der Waals surface area contributed by atoms with Gasteiger partial charge in [0.15, 0.2) is 0 Å². The lowest BCUT2D eigenvalue weighted by Crippen LogP contribution is -2.32. The molecule has 0 aliphatic heterocycles. The summed E-state index contributed by atoms with van der Waals surface area (Å²) in [6.07, 6.45) is 6.61. The third-order valence-corrected chi connectivity index (χ3v) is 5.28. The molecule has 0 bridgehead atoms. The van der Waals surface area contributed by atoms with Crippen LogP contribution in [0.3, 0.4) is 0 Å². The van der Waals surface area contributed by atoms with Crippen molar-refractivity contribution in [3.63, 3.8) is 0 Å². The Morgan fingerprint density at radius 3 is 2.57 bits per heavy atom. The van der Waals surface area contributed by atoms with E-state index >= 15 is 0 Å². The average Bonchev–Trinajstić information content (AvgIpc) is 2.84. The minimum absolute atomic E-state index is 0.357. The first-order chi connectivity index (χ1) is 17.7. The molecule has 0 unspecified atom stereocenters. The largest absolute Gasteiger partial charge is 0.455 e. The normalized spacial score (nSPS) is 11.5. The first-order valence-corrected chi connectivity index (χ1v) is 12.0. The lowest BCUT2D eigenvalue weighted by molar-refractivity contribution is 0.0534. The van der Waals surface area contributed by atoms with E-state index in [1.54, 1.807) is 12.5 Å². The number of nitrogens with zero attached hydrogens (tertiary/aromatic N) is 3. The number of rotatable bonds is 7. The Bertz CT molecular complexity index is 1430. The Hall–Kier alpha value is -4.46. The highest BCUT2D eigenvalue weighted by Gasteiger charge is 2.15. The highest BCUT2D eigenvalue weighted by molar-refractivity contribution is 5.92. The lowest BCUT2D eigenvalue weighted by Gasteiger charge is -2.19. The summed E-state index contributed by atoms with van der Waals surface area (Å²) in [5.41, 5.74) is 4.06. The van der Waals surface area contributed by atoms with Crippen LogP contribution in [0, 0.1) is 13.8 Å². The van der Waals surface area contributed by atoms with Crippen LogP contribution in [0.2, 0.25) is 0 Å². The van der Waals surface area contributed by atoms with Gasteiger partial charge in [0.1, 0.15) is 29.2 Å². The summed E-state index contributed by atoms with van der Waals surface area (Å²) in [5, 5.41) is 7.00. The van der Waals surface area contributed by atoms with E-state index in [-0.39, 0.29) is 0 Å². The van der Waals surface area contributed by atoms with Gasteiger partial charge >= 0.3 is 6.09 Å². The Morgan fingerprint density at radius 2 is 1.84 bits per heavy atom. The van der Waals surface area contributed by atoms with Gasteiger partial charge in [0.25, 0.3) is 0 Å². The zero-order valence-electron chi connectivity index (χ0n) is 21.7. The molecular formula is C29H31N5O3. The van der Waals surface area contributed by atoms with Crippen LogP contribution < -0.4 is 15.4 Å². The van der Waals surface area contributed by atoms with Gasteiger partial charge in [-0.1, -0.05) is 18.2 Å². The molecule has 0 aliphatic carbocycles. The molecule has 2 N–H and O–H groups in total. The topological polar surface area (TPSA) is 98.3 Å². The van der Waals surface area contributed by atoms with E-state index in [2.05, 4.69) is 25.6 Å². The van der Waals surface area contributed by atoms with E-state index in [4.69, 9.17) is 9.47 Å². The number of alkyl carbamates (subject to hydrolysis) is 1. The SMILES string of the molecule is Cc1ccc(Oc2ccc(Nc3ncnc4ccc(/C=C/CNC(=O)OC(C)(C)C)cc34)cc2C)cn1. The number of ether oxygens (including phenoxy) is 2. The second-order valence-corrected chi connectivity index (χ2v) is 9.63. The zero-order chi connectivity index (χ0) is 26.4. The van der Waals surface area contributed by atoms with Crippen LogP contribution >= 0.6 is 0 Å². The van der Waals surface area contributed by atoms with E-state index in [0.717, 1.165) is 39.2 Å². The number of carbonyl (C=O) groups excluding carboxylic acids is 1. The molecule has 2 aromatic carbocycles. The van der Waals surface area contributed by atoms with Gasteiger partial charge in [0, 0.05) is 23.3 Å². The number of fused-ring (bicyclic) bond motifs is 1. The summed E-state index contributed by atoms with van der Waals surface area (Å²) in [5.74, 6) is 2.15. The number of hydrogen-bond acceptors (Lipinski definition) is 7. The van der Waals surface area contributed by atoms with Gasteiger partial charge in [-0.2, -0.15) is 0 Å². The second-order valence-electron chi connectivity index (χ2n) is 9.63. The third-order valence-electron chi connectivity index (χ3n) is 5.28. The van der Waals surface area contributed by atoms with Gasteiger partial charge in [-0.3, -0.25) is 4.98 Å². The molecule has 0 fully saturated rings. The predicted molar refractivity (Wildman–Crippen MR) is 146 cm³/mol. The van der Waals surface area contributed by atoms with Crippen molar-refractivity contribution >= 4 is 34.6 Å². The highest BCUT2D eigenvalue weighted by Crippen LogP contribution is 2.30. The van der Waals surface area contributed by atoms with Gasteiger partial charge in [0.05, 0.1) is 11.7 Å². The molecule has 0 radical (unpaired) electrons. The van der Waals surface area contributed by atoms with Gasteiger partial charge in [-0.15, -0.1) is 0 Å². The van der Waals surface area contributed by atoms with Gasteiger partial charge < -0.3 is 20.1 Å². The first-order valence-electron chi connectivity index (χ1n) is 12.0. The van der Waals surface area contributed by atoms with E-state index in [1.165, 1.54) is 0 Å². The second kappa shape index (κ2) is 11.1. The third kappa shape index (κ3) is 7.27. The average molecular weight is 498 g/mol. The number of pyridine rings is 1. The van der Waals surface area contributed by atoms with E-state index in [9.17, 15) is 4.79 Å². The first kappa shape index (κ1) is 25.6. The van der Waals surface area contributed by atoms with Crippen LogP contribution in [0.4, 0.5) is 16.3 Å². The van der Waals surface area contributed by atoms with Crippen LogP contribution in [0.5, 0.6) is 11.5 Å². The quantitative estimate of drug-likeness (QED) is 0.293. The number of anilines is 2. The van der Waals surface area contributed by atoms with Crippen LogP contribution in [-0.2, 0) is 4.74 Å². The van der Waals surface area contributed by atoms with Crippen LogP contribution in [0.1, 0.15) is 37.6 Å². The molecule has 0 saturated carbocycles. The Balaban J connectivity index is 1.46. The van der Waals surface area contributed by atoms with Gasteiger partial charge in [-0.05, 0) is 88.2 Å². The van der Waals surface area contributed by atoms with Crippen molar-refractivity contribution < 1.29 is 14.3 Å². The molecule has 0 saturated heterocycles. The van der Waals surface area contributed by atoms with Crippen molar-refractivity contribution in [3.05, 3.63) is 84.0 Å². The molecule has 2 heterocycles. The number of hydrogen-bond donors (Lipinski definition) is 2. The molecule has 4 aromatic rings. The fourth-order valence-electron chi connectivity index (χ4n) is 3.55. The van der Waals surface area contributed by atoms with Crippen molar-refractivity contribution in [3.8, 4) is 11.5 Å². The molecule has 190 valence electrons. The predicted octanol–water partition coefficient (Wildman–Crippen LogP) is 6.72. The minimum atomic E-state index is -0.528. The summed E-state index contributed by atoms with van der Waals surface area (Å²) >= 11 is 0. The van der Waals surface area contributed by atoms with E-state index < -0.39 is 11.7 Å². The maximum atomic E-state index is 11.8. The Morgan fingerprint density at radius 1 is 1.00 bits per heavy atom. The van der Waals surface area contributed by atoms with E-state index in [0.29, 0.717) is 18.1 Å². The minimum Gasteiger partial charge on any atom is -0.455 e. The highest BCUT2D eigenvalue weighted by atomic mass is 16.6. The summed E-state index contributed by atoms with van der Waals surface area (Å²) in [6, 6.07) is 15.6. The fraction of sp³-hybridized carbons (Fsp3) is 0.241. The molecule has 8 nitrogen and oxygen atoms in total. The van der Waals surface area contributed by atoms with Crippen LogP contribution in [-0.4, -0.2) is 33.2 Å². The van der Waals surface area contributed by atoms with Crippen molar-refractivity contribution in [1.82, 2.24) is 20.3 Å². The zero-order valence-corrected chi connectivity index (χ0v) is 21.7. The summed E-state index contributed by atoms with van der Waals surface area (Å²) in [7, 11) is 0. The molecule has 8 heteroatoms.